The molecular formula is C27H21N9. The summed E-state index contributed by atoms with van der Waals surface area (Å²) in [6.45, 7) is 1.95. The Bertz CT molecular complexity index is 1600. The Morgan fingerprint density at radius 3 is 2.47 bits per heavy atom. The van der Waals surface area contributed by atoms with E-state index in [1.54, 1.807) is 29.6 Å². The van der Waals surface area contributed by atoms with Crippen molar-refractivity contribution in [3.05, 3.63) is 110 Å². The van der Waals surface area contributed by atoms with Gasteiger partial charge in [0.15, 0.2) is 5.82 Å². The highest BCUT2D eigenvalue weighted by Gasteiger charge is 2.08. The number of pyridine rings is 1. The first kappa shape index (κ1) is 21.4. The van der Waals surface area contributed by atoms with E-state index >= 15 is 0 Å². The maximum Gasteiger partial charge on any atom is 0.227 e. The quantitative estimate of drug-likeness (QED) is 0.364. The maximum absolute atomic E-state index is 4.70. The van der Waals surface area contributed by atoms with Crippen LogP contribution in [0.4, 0.5) is 11.6 Å². The van der Waals surface area contributed by atoms with Gasteiger partial charge in [0, 0.05) is 47.3 Å². The largest absolute Gasteiger partial charge is 0.324 e. The predicted octanol–water partition coefficient (Wildman–Crippen LogP) is 5.02. The van der Waals surface area contributed by atoms with Crippen LogP contribution >= 0.6 is 0 Å². The molecule has 6 aromatic rings. The average molecular weight is 472 g/mol. The summed E-state index contributed by atoms with van der Waals surface area (Å²) >= 11 is 0. The molecule has 0 aliphatic rings. The fourth-order valence-corrected chi connectivity index (χ4v) is 3.76. The van der Waals surface area contributed by atoms with Crippen LogP contribution in [0.2, 0.25) is 0 Å². The van der Waals surface area contributed by atoms with Gasteiger partial charge in [-0.1, -0.05) is 12.1 Å². The maximum atomic E-state index is 4.70. The lowest BCUT2D eigenvalue weighted by molar-refractivity contribution is 0.881. The summed E-state index contributed by atoms with van der Waals surface area (Å²) in [5, 5.41) is 12.2. The van der Waals surface area contributed by atoms with Gasteiger partial charge in [-0.05, 0) is 67.6 Å². The average Bonchev–Trinajstić information content (AvgIpc) is 3.63. The molecule has 4 aromatic heterocycles. The number of hydrogen-bond acceptors (Lipinski definition) is 7. The lowest BCUT2D eigenvalue weighted by atomic mass is 10.1. The molecule has 174 valence electrons. The van der Waals surface area contributed by atoms with Crippen LogP contribution in [0.25, 0.3) is 34.0 Å². The zero-order chi connectivity index (χ0) is 24.3. The first-order valence-corrected chi connectivity index (χ1v) is 11.4. The number of aromatic nitrogens is 8. The molecule has 0 radical (unpaired) electrons. The Kier molecular flexibility index (Phi) is 5.47. The van der Waals surface area contributed by atoms with Gasteiger partial charge in [0.25, 0.3) is 0 Å². The zero-order valence-corrected chi connectivity index (χ0v) is 19.4. The second-order valence-electron chi connectivity index (χ2n) is 8.14. The molecule has 0 amide bonds. The standard InChI is InChI=1S/C27H21N9/c1-19-6-7-21(17-29-19)26-30-18-36(34-26)23-10-8-22(9-11-23)32-27-28-14-12-25(33-27)20-4-2-5-24(16-20)35-15-3-13-31-35/h2-18H,1H3,(H,28,32,33). The van der Waals surface area contributed by atoms with Gasteiger partial charge in [-0.25, -0.2) is 24.3 Å². The third-order valence-electron chi connectivity index (χ3n) is 5.62. The normalized spacial score (nSPS) is 10.9. The Morgan fingerprint density at radius 1 is 0.750 bits per heavy atom. The molecule has 0 aliphatic heterocycles. The third-order valence-corrected chi connectivity index (χ3v) is 5.62. The lowest BCUT2D eigenvalue weighted by Crippen LogP contribution is -2.00. The summed E-state index contributed by atoms with van der Waals surface area (Å²) in [4.78, 5) is 17.8. The van der Waals surface area contributed by atoms with Crippen LogP contribution in [0.15, 0.2) is 104 Å². The second kappa shape index (κ2) is 9.22. The first-order chi connectivity index (χ1) is 17.7. The number of rotatable bonds is 6. The number of hydrogen-bond donors (Lipinski definition) is 1. The van der Waals surface area contributed by atoms with E-state index in [0.29, 0.717) is 11.8 Å². The number of benzene rings is 2. The van der Waals surface area contributed by atoms with E-state index in [4.69, 9.17) is 4.98 Å². The molecule has 0 fully saturated rings. The van der Waals surface area contributed by atoms with Crippen molar-refractivity contribution in [2.24, 2.45) is 0 Å². The van der Waals surface area contributed by atoms with Crippen LogP contribution in [0, 0.1) is 6.92 Å². The molecule has 1 N–H and O–H groups in total. The SMILES string of the molecule is Cc1ccc(-c2ncn(-c3ccc(Nc4nccc(-c5cccc(-n6cccn6)c5)n4)cc3)n2)cn1. The fourth-order valence-electron chi connectivity index (χ4n) is 3.76. The minimum absolute atomic E-state index is 0.514. The molecule has 0 saturated carbocycles. The minimum Gasteiger partial charge on any atom is -0.324 e. The predicted molar refractivity (Wildman–Crippen MR) is 137 cm³/mol. The third kappa shape index (κ3) is 4.45. The van der Waals surface area contributed by atoms with Crippen LogP contribution in [-0.4, -0.2) is 39.5 Å². The summed E-state index contributed by atoms with van der Waals surface area (Å²) in [6, 6.07) is 23.6. The van der Waals surface area contributed by atoms with Gasteiger partial charge in [0.05, 0.1) is 17.1 Å². The number of aryl methyl sites for hydroxylation is 1. The lowest BCUT2D eigenvalue weighted by Gasteiger charge is -2.09. The summed E-state index contributed by atoms with van der Waals surface area (Å²) in [6.07, 6.45) is 8.89. The highest BCUT2D eigenvalue weighted by atomic mass is 15.3. The highest BCUT2D eigenvalue weighted by Crippen LogP contribution is 2.23. The Labute approximate surface area is 207 Å². The van der Waals surface area contributed by atoms with E-state index in [2.05, 4.69) is 30.5 Å². The van der Waals surface area contributed by atoms with Crippen molar-refractivity contribution < 1.29 is 0 Å². The van der Waals surface area contributed by atoms with Crippen molar-refractivity contribution >= 4 is 11.6 Å². The van der Waals surface area contributed by atoms with Crippen LogP contribution in [0.1, 0.15) is 5.69 Å². The molecule has 0 saturated heterocycles. The zero-order valence-electron chi connectivity index (χ0n) is 19.4. The highest BCUT2D eigenvalue weighted by molar-refractivity contribution is 5.64. The monoisotopic (exact) mass is 471 g/mol. The van der Waals surface area contributed by atoms with Crippen LogP contribution in [0.3, 0.4) is 0 Å². The molecule has 6 rings (SSSR count). The van der Waals surface area contributed by atoms with Gasteiger partial charge in [-0.3, -0.25) is 4.98 Å². The van der Waals surface area contributed by atoms with E-state index in [1.165, 1.54) is 0 Å². The van der Waals surface area contributed by atoms with Crippen molar-refractivity contribution in [2.75, 3.05) is 5.32 Å². The summed E-state index contributed by atoms with van der Waals surface area (Å²) in [5.41, 5.74) is 6.36. The van der Waals surface area contributed by atoms with Crippen molar-refractivity contribution in [3.8, 4) is 34.0 Å². The summed E-state index contributed by atoms with van der Waals surface area (Å²) < 4.78 is 3.56. The van der Waals surface area contributed by atoms with Crippen molar-refractivity contribution in [1.82, 2.24) is 39.5 Å². The molecule has 0 spiro atoms. The molecule has 36 heavy (non-hydrogen) atoms. The second-order valence-corrected chi connectivity index (χ2v) is 8.14. The van der Waals surface area contributed by atoms with Crippen LogP contribution in [-0.2, 0) is 0 Å². The van der Waals surface area contributed by atoms with Crippen molar-refractivity contribution in [1.29, 1.82) is 0 Å². The summed E-state index contributed by atoms with van der Waals surface area (Å²) in [7, 11) is 0. The molecule has 0 bridgehead atoms. The minimum atomic E-state index is 0.514. The molecule has 9 heteroatoms. The molecule has 9 nitrogen and oxygen atoms in total. The van der Waals surface area contributed by atoms with Crippen molar-refractivity contribution in [2.45, 2.75) is 6.92 Å². The number of nitrogens with one attached hydrogen (secondary N) is 1. The fraction of sp³-hybridized carbons (Fsp3) is 0.0370. The number of nitrogens with zero attached hydrogens (tertiary/aromatic N) is 8. The van der Waals surface area contributed by atoms with E-state index in [0.717, 1.165) is 39.6 Å². The molecular weight excluding hydrogens is 450 g/mol. The van der Waals surface area contributed by atoms with Gasteiger partial charge in [0.2, 0.25) is 5.95 Å². The van der Waals surface area contributed by atoms with E-state index in [9.17, 15) is 0 Å². The molecule has 0 unspecified atom stereocenters. The first-order valence-electron chi connectivity index (χ1n) is 11.4. The Hall–Kier alpha value is -5.18. The van der Waals surface area contributed by atoms with E-state index in [-0.39, 0.29) is 0 Å². The van der Waals surface area contributed by atoms with Crippen LogP contribution < -0.4 is 5.32 Å². The molecule has 0 aliphatic carbocycles. The van der Waals surface area contributed by atoms with Crippen molar-refractivity contribution in [3.63, 3.8) is 0 Å². The van der Waals surface area contributed by atoms with Gasteiger partial charge in [0.1, 0.15) is 6.33 Å². The van der Waals surface area contributed by atoms with Gasteiger partial charge in [-0.2, -0.15) is 5.10 Å². The van der Waals surface area contributed by atoms with E-state index < -0.39 is 0 Å². The van der Waals surface area contributed by atoms with E-state index in [1.807, 2.05) is 90.6 Å². The Balaban J connectivity index is 1.19. The summed E-state index contributed by atoms with van der Waals surface area (Å²) in [5.74, 6) is 1.14. The smallest absolute Gasteiger partial charge is 0.227 e. The topological polar surface area (TPSA) is 99.2 Å². The van der Waals surface area contributed by atoms with Gasteiger partial charge >= 0.3 is 0 Å². The van der Waals surface area contributed by atoms with Gasteiger partial charge < -0.3 is 5.32 Å². The molecule has 0 atom stereocenters. The van der Waals surface area contributed by atoms with Gasteiger partial charge in [-0.15, -0.1) is 5.10 Å². The molecule has 4 heterocycles. The molecule has 2 aromatic carbocycles. The van der Waals surface area contributed by atoms with Crippen LogP contribution in [0.5, 0.6) is 0 Å². The number of anilines is 2. The Morgan fingerprint density at radius 2 is 1.67 bits per heavy atom.